The number of fused-ring (bicyclic) bond motifs is 1. The molecule has 0 bridgehead atoms. The Morgan fingerprint density at radius 1 is 1.00 bits per heavy atom. The number of nitriles is 1. The van der Waals surface area contributed by atoms with Crippen molar-refractivity contribution in [2.45, 2.75) is 6.92 Å². The number of carboxylic acid groups (broad SMARTS) is 1. The van der Waals surface area contributed by atoms with E-state index in [2.05, 4.69) is 5.32 Å². The molecule has 0 spiro atoms. The first-order valence-electron chi connectivity index (χ1n) is 9.64. The number of nitrogens with zero attached hydrogens (tertiary/aromatic N) is 2. The first kappa shape index (κ1) is 19.9. The summed E-state index contributed by atoms with van der Waals surface area (Å²) in [7, 11) is 1.82. The third-order valence-electron chi connectivity index (χ3n) is 5.35. The number of rotatable bonds is 4. The fraction of sp³-hybridized carbons (Fsp3) is 0.0800. The lowest BCUT2D eigenvalue weighted by molar-refractivity contribution is 0.0698. The van der Waals surface area contributed by atoms with Gasteiger partial charge in [-0.1, -0.05) is 42.5 Å². The largest absolute Gasteiger partial charge is 0.478 e. The second-order valence-electron chi connectivity index (χ2n) is 7.28. The van der Waals surface area contributed by atoms with Gasteiger partial charge < -0.3 is 15.0 Å². The summed E-state index contributed by atoms with van der Waals surface area (Å²) in [5, 5.41) is 22.1. The van der Waals surface area contributed by atoms with E-state index >= 15 is 0 Å². The maximum atomic E-state index is 13.1. The van der Waals surface area contributed by atoms with Crippen molar-refractivity contribution in [2.75, 3.05) is 5.32 Å². The van der Waals surface area contributed by atoms with E-state index in [4.69, 9.17) is 5.26 Å². The summed E-state index contributed by atoms with van der Waals surface area (Å²) in [6.07, 6.45) is 0. The topological polar surface area (TPSA) is 95.1 Å². The van der Waals surface area contributed by atoms with Crippen molar-refractivity contribution in [1.29, 1.82) is 5.26 Å². The molecule has 1 aromatic heterocycles. The molecule has 2 N–H and O–H groups in total. The van der Waals surface area contributed by atoms with Crippen molar-refractivity contribution in [3.05, 3.63) is 89.1 Å². The van der Waals surface area contributed by atoms with Crippen molar-refractivity contribution >= 4 is 28.5 Å². The lowest BCUT2D eigenvalue weighted by Crippen LogP contribution is -2.17. The zero-order valence-electron chi connectivity index (χ0n) is 17.0. The van der Waals surface area contributed by atoms with Crippen LogP contribution in [0.3, 0.4) is 0 Å². The van der Waals surface area contributed by atoms with Gasteiger partial charge >= 0.3 is 5.97 Å². The summed E-state index contributed by atoms with van der Waals surface area (Å²) in [5.41, 5.74) is 4.77. The molecule has 0 saturated carbocycles. The predicted octanol–water partition coefficient (Wildman–Crippen LogP) is 4.98. The minimum absolute atomic E-state index is 0.133. The van der Waals surface area contributed by atoms with Crippen molar-refractivity contribution < 1.29 is 14.7 Å². The number of carboxylic acids is 1. The summed E-state index contributed by atoms with van der Waals surface area (Å²) >= 11 is 0. The molecular weight excluding hydrogens is 390 g/mol. The Labute approximate surface area is 179 Å². The van der Waals surface area contributed by atoms with Gasteiger partial charge in [0.1, 0.15) is 5.69 Å². The molecule has 0 radical (unpaired) electrons. The minimum atomic E-state index is -1.22. The van der Waals surface area contributed by atoms with E-state index < -0.39 is 11.9 Å². The number of nitrogens with one attached hydrogen (secondary N) is 1. The van der Waals surface area contributed by atoms with Gasteiger partial charge in [-0.05, 0) is 42.3 Å². The third kappa shape index (κ3) is 3.53. The van der Waals surface area contributed by atoms with Crippen LogP contribution in [0.25, 0.3) is 22.0 Å². The fourth-order valence-electron chi connectivity index (χ4n) is 3.81. The molecule has 152 valence electrons. The number of aromatic carboxylic acids is 1. The van der Waals surface area contributed by atoms with Crippen molar-refractivity contribution in [1.82, 2.24) is 4.57 Å². The van der Waals surface area contributed by atoms with Crippen molar-refractivity contribution in [2.24, 2.45) is 7.05 Å². The molecule has 3 aromatic carbocycles. The molecule has 0 aliphatic rings. The van der Waals surface area contributed by atoms with Crippen LogP contribution in [0.1, 0.15) is 32.0 Å². The van der Waals surface area contributed by atoms with E-state index in [9.17, 15) is 14.7 Å². The molecule has 31 heavy (non-hydrogen) atoms. The molecule has 1 heterocycles. The van der Waals surface area contributed by atoms with Crippen molar-refractivity contribution in [3.63, 3.8) is 0 Å². The van der Waals surface area contributed by atoms with Gasteiger partial charge in [0.15, 0.2) is 0 Å². The summed E-state index contributed by atoms with van der Waals surface area (Å²) in [6.45, 7) is 2.04. The Hall–Kier alpha value is -4.37. The molecular formula is C25H19N3O3. The molecule has 4 rings (SSSR count). The van der Waals surface area contributed by atoms with Gasteiger partial charge in [0, 0.05) is 18.0 Å². The number of carbonyl (C=O) groups is 2. The monoisotopic (exact) mass is 409 g/mol. The Morgan fingerprint density at radius 3 is 2.45 bits per heavy atom. The first-order chi connectivity index (χ1) is 14.9. The second-order valence-corrected chi connectivity index (χ2v) is 7.28. The molecule has 0 atom stereocenters. The number of aromatic nitrogens is 1. The predicted molar refractivity (Wildman–Crippen MR) is 119 cm³/mol. The van der Waals surface area contributed by atoms with Gasteiger partial charge in [-0.25, -0.2) is 4.79 Å². The summed E-state index contributed by atoms with van der Waals surface area (Å²) in [6, 6.07) is 21.8. The average Bonchev–Trinajstić information content (AvgIpc) is 3.11. The zero-order chi connectivity index (χ0) is 22.1. The molecule has 4 aromatic rings. The molecule has 0 unspecified atom stereocenters. The molecule has 6 heteroatoms. The third-order valence-corrected chi connectivity index (χ3v) is 5.35. The number of benzene rings is 3. The van der Waals surface area contributed by atoms with Crippen molar-refractivity contribution in [3.8, 4) is 17.2 Å². The van der Waals surface area contributed by atoms with E-state index in [1.54, 1.807) is 6.07 Å². The van der Waals surface area contributed by atoms with Crippen LogP contribution in [0, 0.1) is 18.3 Å². The fourth-order valence-corrected chi connectivity index (χ4v) is 3.81. The summed E-state index contributed by atoms with van der Waals surface area (Å²) < 4.78 is 1.82. The average molecular weight is 409 g/mol. The van der Waals surface area contributed by atoms with Crippen LogP contribution in [-0.4, -0.2) is 21.6 Å². The highest BCUT2D eigenvalue weighted by Crippen LogP contribution is 2.32. The van der Waals surface area contributed by atoms with Crippen LogP contribution in [0.2, 0.25) is 0 Å². The van der Waals surface area contributed by atoms with E-state index in [0.29, 0.717) is 5.69 Å². The van der Waals surface area contributed by atoms with E-state index in [0.717, 1.165) is 27.6 Å². The SMILES string of the molecule is Cc1ccccc1-c1cccc2cc(C(=O)Nc3ccc(C#N)cc3C(=O)O)n(C)c12. The van der Waals surface area contributed by atoms with Gasteiger partial charge in [0.05, 0.1) is 28.4 Å². The Balaban J connectivity index is 1.78. The summed E-state index contributed by atoms with van der Waals surface area (Å²) in [4.78, 5) is 24.6. The Bertz CT molecular complexity index is 1390. The molecule has 6 nitrogen and oxygen atoms in total. The lowest BCUT2D eigenvalue weighted by atomic mass is 9.99. The Morgan fingerprint density at radius 2 is 1.74 bits per heavy atom. The lowest BCUT2D eigenvalue weighted by Gasteiger charge is -2.12. The van der Waals surface area contributed by atoms with Gasteiger partial charge in [-0.2, -0.15) is 5.26 Å². The highest BCUT2D eigenvalue weighted by molar-refractivity contribution is 6.10. The standard InChI is InChI=1S/C25H19N3O3/c1-15-6-3-4-8-18(15)19-9-5-7-17-13-22(28(2)23(17)19)24(29)27-21-11-10-16(14-26)12-20(21)25(30)31/h3-13H,1-2H3,(H,27,29)(H,30,31). The number of aryl methyl sites for hydroxylation is 2. The van der Waals surface area contributed by atoms with Gasteiger partial charge in [0.2, 0.25) is 0 Å². The highest BCUT2D eigenvalue weighted by atomic mass is 16.4. The molecule has 0 aliphatic heterocycles. The van der Waals surface area contributed by atoms with Crippen LogP contribution >= 0.6 is 0 Å². The summed E-state index contributed by atoms with van der Waals surface area (Å²) in [5.74, 6) is -1.65. The molecule has 1 amide bonds. The maximum Gasteiger partial charge on any atom is 0.337 e. The first-order valence-corrected chi connectivity index (χ1v) is 9.64. The number of carbonyl (C=O) groups excluding carboxylic acids is 1. The smallest absolute Gasteiger partial charge is 0.337 e. The molecule has 0 fully saturated rings. The van der Waals surface area contributed by atoms with Gasteiger partial charge in [-0.3, -0.25) is 4.79 Å². The number of amides is 1. The van der Waals surface area contributed by atoms with E-state index in [1.807, 2.05) is 67.1 Å². The number of hydrogen-bond donors (Lipinski definition) is 2. The van der Waals surface area contributed by atoms with Crippen LogP contribution in [0.4, 0.5) is 5.69 Å². The zero-order valence-corrected chi connectivity index (χ0v) is 17.0. The number of anilines is 1. The van der Waals surface area contributed by atoms with E-state index in [-0.39, 0.29) is 16.8 Å². The van der Waals surface area contributed by atoms with Crippen LogP contribution < -0.4 is 5.32 Å². The minimum Gasteiger partial charge on any atom is -0.478 e. The maximum absolute atomic E-state index is 13.1. The normalized spacial score (nSPS) is 10.6. The van der Waals surface area contributed by atoms with Crippen LogP contribution in [0.15, 0.2) is 66.7 Å². The van der Waals surface area contributed by atoms with Crippen LogP contribution in [-0.2, 0) is 7.05 Å². The van der Waals surface area contributed by atoms with E-state index in [1.165, 1.54) is 18.2 Å². The number of para-hydroxylation sites is 1. The number of hydrogen-bond acceptors (Lipinski definition) is 3. The van der Waals surface area contributed by atoms with Gasteiger partial charge in [-0.15, -0.1) is 0 Å². The van der Waals surface area contributed by atoms with Gasteiger partial charge in [0.25, 0.3) is 5.91 Å². The second kappa shape index (κ2) is 7.81. The van der Waals surface area contributed by atoms with Crippen LogP contribution in [0.5, 0.6) is 0 Å². The Kier molecular flexibility index (Phi) is 5.02. The molecule has 0 aliphatic carbocycles. The highest BCUT2D eigenvalue weighted by Gasteiger charge is 2.19. The molecule has 0 saturated heterocycles. The quantitative estimate of drug-likeness (QED) is 0.497.